The molecule has 0 spiro atoms. The molecule has 0 atom stereocenters. The fourth-order valence-electron chi connectivity index (χ4n) is 2.40. The molecule has 1 aromatic heterocycles. The van der Waals surface area contributed by atoms with Crippen molar-refractivity contribution in [3.05, 3.63) is 58.9 Å². The first-order chi connectivity index (χ1) is 12.5. The minimum Gasteiger partial charge on any atom is -0.493 e. The summed E-state index contributed by atoms with van der Waals surface area (Å²) in [6.07, 6.45) is 0. The standard InChI is InChI=1S/C19H17FN2O3S/c1-11-4-6-13(20)14(8-11)21-18(23)15-10-26-19(22-15)12-5-7-16(24-2)17(9-12)25-3/h4-10H,1-3H3,(H,21,23). The number of rotatable bonds is 5. The molecule has 1 N–H and O–H groups in total. The number of benzene rings is 2. The Kier molecular flexibility index (Phi) is 5.18. The number of amides is 1. The van der Waals surface area contributed by atoms with Crippen molar-refractivity contribution in [1.29, 1.82) is 0 Å². The number of nitrogens with zero attached hydrogens (tertiary/aromatic N) is 1. The quantitative estimate of drug-likeness (QED) is 0.715. The van der Waals surface area contributed by atoms with E-state index in [2.05, 4.69) is 10.3 Å². The van der Waals surface area contributed by atoms with Gasteiger partial charge in [0.25, 0.3) is 5.91 Å². The average molecular weight is 372 g/mol. The van der Waals surface area contributed by atoms with Gasteiger partial charge >= 0.3 is 0 Å². The summed E-state index contributed by atoms with van der Waals surface area (Å²) in [6.45, 7) is 1.83. The molecule has 5 nitrogen and oxygen atoms in total. The van der Waals surface area contributed by atoms with Crippen molar-refractivity contribution in [2.45, 2.75) is 6.92 Å². The zero-order chi connectivity index (χ0) is 18.7. The lowest BCUT2D eigenvalue weighted by Crippen LogP contribution is -2.13. The molecule has 1 amide bonds. The molecule has 0 saturated heterocycles. The first-order valence-electron chi connectivity index (χ1n) is 7.77. The Morgan fingerprint density at radius 2 is 1.88 bits per heavy atom. The topological polar surface area (TPSA) is 60.5 Å². The molecule has 3 aromatic rings. The highest BCUT2D eigenvalue weighted by Crippen LogP contribution is 2.33. The Morgan fingerprint density at radius 1 is 1.12 bits per heavy atom. The molecule has 0 aliphatic carbocycles. The maximum absolute atomic E-state index is 13.8. The third-order valence-electron chi connectivity index (χ3n) is 3.74. The van der Waals surface area contributed by atoms with Gasteiger partial charge in [-0.25, -0.2) is 9.37 Å². The average Bonchev–Trinajstić information content (AvgIpc) is 3.14. The number of aryl methyl sites for hydroxylation is 1. The summed E-state index contributed by atoms with van der Waals surface area (Å²) in [5.41, 5.74) is 2.01. The van der Waals surface area contributed by atoms with Crippen LogP contribution in [0.25, 0.3) is 10.6 Å². The van der Waals surface area contributed by atoms with Crippen LogP contribution >= 0.6 is 11.3 Å². The highest BCUT2D eigenvalue weighted by molar-refractivity contribution is 7.13. The summed E-state index contributed by atoms with van der Waals surface area (Å²) in [5.74, 6) is 0.241. The molecule has 134 valence electrons. The van der Waals surface area contributed by atoms with Gasteiger partial charge in [-0.3, -0.25) is 4.79 Å². The van der Waals surface area contributed by atoms with Gasteiger partial charge in [0, 0.05) is 10.9 Å². The molecule has 7 heteroatoms. The second-order valence-electron chi connectivity index (χ2n) is 5.55. The summed E-state index contributed by atoms with van der Waals surface area (Å²) in [4.78, 5) is 16.7. The van der Waals surface area contributed by atoms with Crippen LogP contribution in [0.2, 0.25) is 0 Å². The van der Waals surface area contributed by atoms with Gasteiger partial charge < -0.3 is 14.8 Å². The Morgan fingerprint density at radius 3 is 2.62 bits per heavy atom. The highest BCUT2D eigenvalue weighted by atomic mass is 32.1. The number of ether oxygens (including phenoxy) is 2. The van der Waals surface area contributed by atoms with Gasteiger partial charge in [-0.2, -0.15) is 0 Å². The van der Waals surface area contributed by atoms with E-state index in [9.17, 15) is 9.18 Å². The van der Waals surface area contributed by atoms with Crippen LogP contribution in [0.4, 0.5) is 10.1 Å². The van der Waals surface area contributed by atoms with Gasteiger partial charge in [0.15, 0.2) is 11.5 Å². The Hall–Kier alpha value is -2.93. The van der Waals surface area contributed by atoms with Gasteiger partial charge in [-0.05, 0) is 42.8 Å². The number of aromatic nitrogens is 1. The number of carbonyl (C=O) groups is 1. The highest BCUT2D eigenvalue weighted by Gasteiger charge is 2.15. The van der Waals surface area contributed by atoms with Crippen molar-refractivity contribution in [3.8, 4) is 22.1 Å². The van der Waals surface area contributed by atoms with E-state index in [1.165, 1.54) is 17.4 Å². The van der Waals surface area contributed by atoms with Crippen LogP contribution in [0.1, 0.15) is 16.1 Å². The number of methoxy groups -OCH3 is 2. The molecular weight excluding hydrogens is 355 g/mol. The lowest BCUT2D eigenvalue weighted by atomic mass is 10.2. The van der Waals surface area contributed by atoms with Crippen LogP contribution < -0.4 is 14.8 Å². The number of hydrogen-bond acceptors (Lipinski definition) is 5. The minimum atomic E-state index is -0.487. The summed E-state index contributed by atoms with van der Waals surface area (Å²) < 4.78 is 24.3. The van der Waals surface area contributed by atoms with E-state index in [0.717, 1.165) is 11.1 Å². The van der Waals surface area contributed by atoms with Crippen LogP contribution in [0.15, 0.2) is 41.8 Å². The molecule has 0 bridgehead atoms. The molecule has 26 heavy (non-hydrogen) atoms. The van der Waals surface area contributed by atoms with E-state index in [0.29, 0.717) is 16.5 Å². The van der Waals surface area contributed by atoms with Gasteiger partial charge in [-0.1, -0.05) is 6.07 Å². The van der Waals surface area contributed by atoms with Crippen molar-refractivity contribution < 1.29 is 18.7 Å². The Balaban J connectivity index is 1.83. The zero-order valence-corrected chi connectivity index (χ0v) is 15.3. The van der Waals surface area contributed by atoms with Crippen molar-refractivity contribution >= 4 is 22.9 Å². The van der Waals surface area contributed by atoms with Gasteiger partial charge in [0.1, 0.15) is 16.5 Å². The molecule has 3 rings (SSSR count). The molecular formula is C19H17FN2O3S. The van der Waals surface area contributed by atoms with Crippen molar-refractivity contribution in [2.24, 2.45) is 0 Å². The fourth-order valence-corrected chi connectivity index (χ4v) is 3.20. The first-order valence-corrected chi connectivity index (χ1v) is 8.65. The van der Waals surface area contributed by atoms with E-state index in [4.69, 9.17) is 9.47 Å². The summed E-state index contributed by atoms with van der Waals surface area (Å²) in [7, 11) is 3.12. The lowest BCUT2D eigenvalue weighted by molar-refractivity contribution is 0.102. The number of carbonyl (C=O) groups excluding carboxylic acids is 1. The minimum absolute atomic E-state index is 0.135. The Labute approximate surface area is 154 Å². The summed E-state index contributed by atoms with van der Waals surface area (Å²) in [6, 6.07) is 9.94. The molecule has 0 unspecified atom stereocenters. The third kappa shape index (κ3) is 3.67. The monoisotopic (exact) mass is 372 g/mol. The maximum Gasteiger partial charge on any atom is 0.275 e. The number of thiazole rings is 1. The van der Waals surface area contributed by atoms with E-state index >= 15 is 0 Å². The predicted octanol–water partition coefficient (Wildman–Crippen LogP) is 4.53. The number of anilines is 1. The lowest BCUT2D eigenvalue weighted by Gasteiger charge is -2.08. The van der Waals surface area contributed by atoms with Crippen LogP contribution in [0.3, 0.4) is 0 Å². The SMILES string of the molecule is COc1ccc(-c2nc(C(=O)Nc3cc(C)ccc3F)cs2)cc1OC. The molecule has 0 saturated carbocycles. The Bertz CT molecular complexity index is 956. The summed E-state index contributed by atoms with van der Waals surface area (Å²) >= 11 is 1.32. The van der Waals surface area contributed by atoms with Gasteiger partial charge in [0.2, 0.25) is 0 Å². The zero-order valence-electron chi connectivity index (χ0n) is 14.5. The van der Waals surface area contributed by atoms with Crippen molar-refractivity contribution in [1.82, 2.24) is 4.98 Å². The number of halogens is 1. The summed E-state index contributed by atoms with van der Waals surface area (Å²) in [5, 5.41) is 4.85. The third-order valence-corrected chi connectivity index (χ3v) is 4.63. The van der Waals surface area contributed by atoms with Crippen LogP contribution in [-0.4, -0.2) is 25.1 Å². The second kappa shape index (κ2) is 7.53. The van der Waals surface area contributed by atoms with E-state index in [1.54, 1.807) is 43.9 Å². The maximum atomic E-state index is 13.8. The molecule has 0 fully saturated rings. The van der Waals surface area contributed by atoms with Gasteiger partial charge in [0.05, 0.1) is 19.9 Å². The first kappa shape index (κ1) is 17.9. The number of nitrogens with one attached hydrogen (secondary N) is 1. The molecule has 0 radical (unpaired) electrons. The van der Waals surface area contributed by atoms with E-state index in [-0.39, 0.29) is 11.4 Å². The van der Waals surface area contributed by atoms with Crippen LogP contribution in [-0.2, 0) is 0 Å². The largest absolute Gasteiger partial charge is 0.493 e. The van der Waals surface area contributed by atoms with Crippen LogP contribution in [0.5, 0.6) is 11.5 Å². The number of hydrogen-bond donors (Lipinski definition) is 1. The molecule has 2 aromatic carbocycles. The fraction of sp³-hybridized carbons (Fsp3) is 0.158. The van der Waals surface area contributed by atoms with E-state index in [1.807, 2.05) is 13.0 Å². The van der Waals surface area contributed by atoms with Gasteiger partial charge in [-0.15, -0.1) is 11.3 Å². The van der Waals surface area contributed by atoms with Crippen LogP contribution in [0, 0.1) is 12.7 Å². The van der Waals surface area contributed by atoms with Crippen molar-refractivity contribution in [3.63, 3.8) is 0 Å². The smallest absolute Gasteiger partial charge is 0.275 e. The molecule has 0 aliphatic heterocycles. The predicted molar refractivity (Wildman–Crippen MR) is 99.7 cm³/mol. The molecule has 0 aliphatic rings. The van der Waals surface area contributed by atoms with Crippen molar-refractivity contribution in [2.75, 3.05) is 19.5 Å². The molecule has 1 heterocycles. The normalized spacial score (nSPS) is 10.5. The van der Waals surface area contributed by atoms with E-state index < -0.39 is 11.7 Å². The second-order valence-corrected chi connectivity index (χ2v) is 6.40.